The number of ether oxygens (including phenoxy) is 1. The van der Waals surface area contributed by atoms with Crippen LogP contribution in [0.1, 0.15) is 58.6 Å². The summed E-state index contributed by atoms with van der Waals surface area (Å²) in [6.07, 6.45) is 4.15. The average Bonchev–Trinajstić information content (AvgIpc) is 2.81. The van der Waals surface area contributed by atoms with Crippen molar-refractivity contribution in [2.45, 2.75) is 72.1 Å². The maximum atomic E-state index is 11.6. The highest BCUT2D eigenvalue weighted by atomic mass is 16.6. The Balaban J connectivity index is 1.82. The van der Waals surface area contributed by atoms with Gasteiger partial charge in [-0.1, -0.05) is 6.42 Å². The number of aromatic nitrogens is 3. The molecule has 1 aromatic rings. The molecular formula is C18H33N7O2. The lowest BCUT2D eigenvalue weighted by atomic mass is 10.2. The zero-order valence-corrected chi connectivity index (χ0v) is 17.0. The van der Waals surface area contributed by atoms with Gasteiger partial charge in [-0.3, -0.25) is 0 Å². The largest absolute Gasteiger partial charge is 0.444 e. The van der Waals surface area contributed by atoms with E-state index in [4.69, 9.17) is 4.74 Å². The number of hydrogen-bond acceptors (Lipinski definition) is 5. The van der Waals surface area contributed by atoms with Crippen molar-refractivity contribution in [3.05, 3.63) is 11.6 Å². The van der Waals surface area contributed by atoms with Crippen molar-refractivity contribution in [2.75, 3.05) is 19.6 Å². The Bertz CT molecular complexity index is 634. The van der Waals surface area contributed by atoms with Gasteiger partial charge in [0.25, 0.3) is 0 Å². The number of fused-ring (bicyclic) bond motifs is 1. The molecule has 152 valence electrons. The third-order valence-electron chi connectivity index (χ3n) is 3.99. The van der Waals surface area contributed by atoms with Gasteiger partial charge < -0.3 is 25.3 Å². The van der Waals surface area contributed by atoms with Gasteiger partial charge in [0.15, 0.2) is 11.8 Å². The zero-order chi connectivity index (χ0) is 19.7. The normalized spacial score (nSPS) is 14.9. The molecule has 0 aromatic carbocycles. The van der Waals surface area contributed by atoms with E-state index in [1.54, 1.807) is 0 Å². The monoisotopic (exact) mass is 379 g/mol. The Morgan fingerprint density at radius 3 is 2.67 bits per heavy atom. The lowest BCUT2D eigenvalue weighted by Gasteiger charge is -2.19. The quantitative estimate of drug-likeness (QED) is 0.394. The Labute approximate surface area is 161 Å². The van der Waals surface area contributed by atoms with Crippen LogP contribution in [0.25, 0.3) is 0 Å². The Hall–Kier alpha value is -2.32. The molecule has 0 radical (unpaired) electrons. The molecule has 1 aliphatic rings. The van der Waals surface area contributed by atoms with E-state index in [-0.39, 0.29) is 0 Å². The van der Waals surface area contributed by atoms with Gasteiger partial charge in [0.1, 0.15) is 18.0 Å². The minimum Gasteiger partial charge on any atom is -0.444 e. The Kier molecular flexibility index (Phi) is 7.87. The van der Waals surface area contributed by atoms with Gasteiger partial charge in [-0.25, -0.2) is 9.79 Å². The van der Waals surface area contributed by atoms with E-state index in [0.717, 1.165) is 37.6 Å². The number of nitrogens with zero attached hydrogens (tertiary/aromatic N) is 4. The van der Waals surface area contributed by atoms with Crippen LogP contribution >= 0.6 is 0 Å². The summed E-state index contributed by atoms with van der Waals surface area (Å²) in [5.74, 6) is 2.66. The molecule has 27 heavy (non-hydrogen) atoms. The van der Waals surface area contributed by atoms with E-state index < -0.39 is 11.7 Å². The summed E-state index contributed by atoms with van der Waals surface area (Å²) in [5, 5.41) is 17.7. The number of carbonyl (C=O) groups excluding carboxylic acids is 1. The second-order valence-corrected chi connectivity index (χ2v) is 7.55. The molecule has 1 aromatic heterocycles. The highest BCUT2D eigenvalue weighted by Gasteiger charge is 2.16. The van der Waals surface area contributed by atoms with Crippen LogP contribution in [-0.2, 0) is 24.2 Å². The molecule has 0 fully saturated rings. The van der Waals surface area contributed by atoms with Crippen LogP contribution in [0, 0.1) is 0 Å². The molecule has 1 amide bonds. The highest BCUT2D eigenvalue weighted by Crippen LogP contribution is 2.14. The summed E-state index contributed by atoms with van der Waals surface area (Å²) < 4.78 is 7.41. The van der Waals surface area contributed by atoms with Crippen LogP contribution in [-0.4, -0.2) is 52.1 Å². The average molecular weight is 380 g/mol. The summed E-state index contributed by atoms with van der Waals surface area (Å²) >= 11 is 0. The molecule has 2 rings (SSSR count). The first-order chi connectivity index (χ1) is 12.9. The van der Waals surface area contributed by atoms with Crippen molar-refractivity contribution >= 4 is 12.1 Å². The molecular weight excluding hydrogens is 346 g/mol. The molecule has 0 saturated heterocycles. The number of alkyl carbamates (subject to hydrolysis) is 1. The third-order valence-corrected chi connectivity index (χ3v) is 3.99. The maximum absolute atomic E-state index is 11.6. The van der Waals surface area contributed by atoms with E-state index >= 15 is 0 Å². The molecule has 0 aliphatic carbocycles. The lowest BCUT2D eigenvalue weighted by molar-refractivity contribution is 0.0529. The van der Waals surface area contributed by atoms with Gasteiger partial charge in [-0.2, -0.15) is 0 Å². The zero-order valence-electron chi connectivity index (χ0n) is 17.0. The molecule has 0 unspecified atom stereocenters. The second-order valence-electron chi connectivity index (χ2n) is 7.55. The molecule has 0 atom stereocenters. The SMILES string of the molecule is CCNC(=NCc1nnc2n1CCCCC2)NCCNC(=O)OC(C)(C)C. The predicted molar refractivity (Wildman–Crippen MR) is 105 cm³/mol. The van der Waals surface area contributed by atoms with Crippen LogP contribution in [0.2, 0.25) is 0 Å². The molecule has 0 spiro atoms. The fourth-order valence-corrected chi connectivity index (χ4v) is 2.81. The lowest BCUT2D eigenvalue weighted by Crippen LogP contribution is -2.42. The van der Waals surface area contributed by atoms with E-state index in [2.05, 4.69) is 35.7 Å². The third kappa shape index (κ3) is 7.44. The first-order valence-electron chi connectivity index (χ1n) is 9.79. The number of amides is 1. The molecule has 9 heteroatoms. The van der Waals surface area contributed by atoms with Gasteiger partial charge in [0.05, 0.1) is 0 Å². The minimum absolute atomic E-state index is 0.419. The molecule has 2 heterocycles. The molecule has 1 aliphatic heterocycles. The number of hydrogen-bond donors (Lipinski definition) is 3. The number of carbonyl (C=O) groups is 1. The summed E-state index contributed by atoms with van der Waals surface area (Å²) in [7, 11) is 0. The van der Waals surface area contributed by atoms with Crippen LogP contribution in [0.5, 0.6) is 0 Å². The number of nitrogens with one attached hydrogen (secondary N) is 3. The van der Waals surface area contributed by atoms with Crippen molar-refractivity contribution in [2.24, 2.45) is 4.99 Å². The van der Waals surface area contributed by atoms with Crippen molar-refractivity contribution < 1.29 is 9.53 Å². The highest BCUT2D eigenvalue weighted by molar-refractivity contribution is 5.79. The molecule has 3 N–H and O–H groups in total. The number of guanidine groups is 1. The summed E-state index contributed by atoms with van der Waals surface area (Å²) in [5.41, 5.74) is -0.496. The summed E-state index contributed by atoms with van der Waals surface area (Å²) in [6.45, 7) is 10.7. The van der Waals surface area contributed by atoms with E-state index in [1.165, 1.54) is 12.8 Å². The summed E-state index contributed by atoms with van der Waals surface area (Å²) in [4.78, 5) is 16.2. The fraction of sp³-hybridized carbons (Fsp3) is 0.778. The van der Waals surface area contributed by atoms with Gasteiger partial charge in [-0.15, -0.1) is 10.2 Å². The fourth-order valence-electron chi connectivity index (χ4n) is 2.81. The molecule has 0 saturated carbocycles. The first kappa shape index (κ1) is 21.0. The number of rotatable bonds is 6. The topological polar surface area (TPSA) is 105 Å². The van der Waals surface area contributed by atoms with E-state index in [9.17, 15) is 4.79 Å². The minimum atomic E-state index is -0.496. The van der Waals surface area contributed by atoms with E-state index in [0.29, 0.717) is 25.6 Å². The van der Waals surface area contributed by atoms with Crippen molar-refractivity contribution in [1.82, 2.24) is 30.7 Å². The predicted octanol–water partition coefficient (Wildman–Crippen LogP) is 1.58. The van der Waals surface area contributed by atoms with Gasteiger partial charge in [-0.05, 0) is 40.5 Å². The van der Waals surface area contributed by atoms with Crippen LogP contribution in [0.15, 0.2) is 4.99 Å². The molecule has 0 bridgehead atoms. The van der Waals surface area contributed by atoms with Gasteiger partial charge >= 0.3 is 6.09 Å². The van der Waals surface area contributed by atoms with Crippen LogP contribution < -0.4 is 16.0 Å². The van der Waals surface area contributed by atoms with Crippen molar-refractivity contribution in [3.63, 3.8) is 0 Å². The number of aryl methyl sites for hydroxylation is 1. The van der Waals surface area contributed by atoms with Crippen LogP contribution in [0.3, 0.4) is 0 Å². The maximum Gasteiger partial charge on any atom is 0.407 e. The Morgan fingerprint density at radius 2 is 1.93 bits per heavy atom. The van der Waals surface area contributed by atoms with Gasteiger partial charge in [0.2, 0.25) is 0 Å². The van der Waals surface area contributed by atoms with Gasteiger partial charge in [0, 0.05) is 32.6 Å². The van der Waals surface area contributed by atoms with Crippen LogP contribution in [0.4, 0.5) is 4.79 Å². The number of aliphatic imine (C=N–C) groups is 1. The molecule has 9 nitrogen and oxygen atoms in total. The smallest absolute Gasteiger partial charge is 0.407 e. The van der Waals surface area contributed by atoms with E-state index in [1.807, 2.05) is 27.7 Å². The van der Waals surface area contributed by atoms with Crippen molar-refractivity contribution in [3.8, 4) is 0 Å². The standard InChI is InChI=1S/C18H33N7O2/c1-5-19-16(20-10-11-21-17(26)27-18(2,3)4)22-13-15-24-23-14-9-7-6-8-12-25(14)15/h5-13H2,1-4H3,(H,21,26)(H2,19,20,22). The Morgan fingerprint density at radius 1 is 1.15 bits per heavy atom. The second kappa shape index (κ2) is 10.1. The summed E-state index contributed by atoms with van der Waals surface area (Å²) in [6, 6.07) is 0. The van der Waals surface area contributed by atoms with Crippen molar-refractivity contribution in [1.29, 1.82) is 0 Å². The first-order valence-corrected chi connectivity index (χ1v) is 9.79.